The Balaban J connectivity index is 2.72. The molecule has 3 nitrogen and oxygen atoms in total. The van der Waals surface area contributed by atoms with Crippen LogP contribution < -0.4 is 5.73 Å². The normalized spacial score (nSPS) is 13.4. The summed E-state index contributed by atoms with van der Waals surface area (Å²) in [5, 5.41) is 8.49. The van der Waals surface area contributed by atoms with Gasteiger partial charge in [0, 0.05) is 16.3 Å². The molecule has 1 unspecified atom stereocenters. The molecule has 0 fully saturated rings. The minimum Gasteiger partial charge on any atom is -0.481 e. The second kappa shape index (κ2) is 5.31. The van der Waals surface area contributed by atoms with E-state index in [1.54, 1.807) is 24.3 Å². The number of benzene rings is 1. The Bertz CT molecular complexity index is 409. The van der Waals surface area contributed by atoms with Crippen molar-refractivity contribution in [3.63, 3.8) is 0 Å². The summed E-state index contributed by atoms with van der Waals surface area (Å²) < 4.78 is 37.0. The van der Waals surface area contributed by atoms with E-state index in [0.29, 0.717) is 10.6 Å². The molecule has 3 N–H and O–H groups in total. The number of hydrogen-bond acceptors (Lipinski definition) is 3. The topological polar surface area (TPSA) is 63.3 Å². The predicted molar refractivity (Wildman–Crippen MR) is 58.8 cm³/mol. The number of carboxylic acids is 1. The molecule has 0 bridgehead atoms. The molecule has 1 rings (SSSR count). The Labute approximate surface area is 99.8 Å². The van der Waals surface area contributed by atoms with Crippen LogP contribution in [0.25, 0.3) is 0 Å². The zero-order valence-electron chi connectivity index (χ0n) is 8.57. The summed E-state index contributed by atoms with van der Waals surface area (Å²) in [6.07, 6.45) is -4.75. The summed E-state index contributed by atoms with van der Waals surface area (Å²) in [6.45, 7) is 0. The minimum absolute atomic E-state index is 0.337. The number of alkyl halides is 3. The number of nitrogen functional groups attached to an aromatic ring is 1. The number of para-hydroxylation sites is 1. The molecule has 1 atom stereocenters. The van der Waals surface area contributed by atoms with E-state index in [2.05, 4.69) is 0 Å². The van der Waals surface area contributed by atoms with E-state index in [1.807, 2.05) is 0 Å². The second-order valence-corrected chi connectivity index (χ2v) is 4.34. The SMILES string of the molecule is Nc1ccccc1SCC(C(=O)O)C(F)(F)F. The van der Waals surface area contributed by atoms with Crippen LogP contribution in [0.15, 0.2) is 29.2 Å². The molecule has 17 heavy (non-hydrogen) atoms. The van der Waals surface area contributed by atoms with Crippen molar-refractivity contribution >= 4 is 23.4 Å². The van der Waals surface area contributed by atoms with E-state index in [9.17, 15) is 18.0 Å². The van der Waals surface area contributed by atoms with E-state index >= 15 is 0 Å². The third-order valence-corrected chi connectivity index (χ3v) is 3.20. The van der Waals surface area contributed by atoms with Crippen LogP contribution >= 0.6 is 11.8 Å². The Hall–Kier alpha value is -1.37. The van der Waals surface area contributed by atoms with E-state index in [1.165, 1.54) is 0 Å². The van der Waals surface area contributed by atoms with Gasteiger partial charge < -0.3 is 10.8 Å². The number of thioether (sulfide) groups is 1. The van der Waals surface area contributed by atoms with Gasteiger partial charge in [0.2, 0.25) is 0 Å². The number of halogens is 3. The first kappa shape index (κ1) is 13.7. The van der Waals surface area contributed by atoms with Gasteiger partial charge in [-0.3, -0.25) is 4.79 Å². The molecule has 7 heteroatoms. The van der Waals surface area contributed by atoms with Crippen LogP contribution in [-0.2, 0) is 4.79 Å². The predicted octanol–water partition coefficient (Wildman–Crippen LogP) is 2.62. The van der Waals surface area contributed by atoms with Gasteiger partial charge in [-0.2, -0.15) is 13.2 Å². The lowest BCUT2D eigenvalue weighted by molar-refractivity contribution is -0.188. The molecule has 0 saturated heterocycles. The standard InChI is InChI=1S/C10H10F3NO2S/c11-10(12,13)6(9(15)16)5-17-8-4-2-1-3-7(8)14/h1-4,6H,5,14H2,(H,15,16). The van der Waals surface area contributed by atoms with Crippen LogP contribution in [0, 0.1) is 5.92 Å². The van der Waals surface area contributed by atoms with E-state index in [-0.39, 0.29) is 0 Å². The van der Waals surface area contributed by atoms with Crippen molar-refractivity contribution in [1.29, 1.82) is 0 Å². The number of carboxylic acid groups (broad SMARTS) is 1. The molecule has 1 aromatic rings. The fourth-order valence-corrected chi connectivity index (χ4v) is 2.18. The molecule has 1 aromatic carbocycles. The largest absolute Gasteiger partial charge is 0.481 e. The molecule has 0 spiro atoms. The smallest absolute Gasteiger partial charge is 0.403 e. The maximum atomic E-state index is 12.3. The second-order valence-electron chi connectivity index (χ2n) is 3.28. The van der Waals surface area contributed by atoms with Gasteiger partial charge in [-0.15, -0.1) is 11.8 Å². The van der Waals surface area contributed by atoms with Crippen molar-refractivity contribution in [2.45, 2.75) is 11.1 Å². The number of anilines is 1. The monoisotopic (exact) mass is 265 g/mol. The molecule has 0 radical (unpaired) electrons. The Morgan fingerprint density at radius 3 is 2.47 bits per heavy atom. The summed E-state index contributed by atoms with van der Waals surface area (Å²) in [5.74, 6) is -4.85. The zero-order chi connectivity index (χ0) is 13.1. The van der Waals surface area contributed by atoms with Crippen molar-refractivity contribution in [3.8, 4) is 0 Å². The quantitative estimate of drug-likeness (QED) is 0.649. The van der Waals surface area contributed by atoms with Gasteiger partial charge in [0.1, 0.15) is 0 Å². The third-order valence-electron chi connectivity index (χ3n) is 2.02. The van der Waals surface area contributed by atoms with Crippen molar-refractivity contribution in [2.24, 2.45) is 5.92 Å². The van der Waals surface area contributed by atoms with Crippen LogP contribution in [0.1, 0.15) is 0 Å². The van der Waals surface area contributed by atoms with Crippen LogP contribution in [-0.4, -0.2) is 23.0 Å². The van der Waals surface area contributed by atoms with Crippen molar-refractivity contribution < 1.29 is 23.1 Å². The Kier molecular flexibility index (Phi) is 4.28. The van der Waals surface area contributed by atoms with E-state index in [0.717, 1.165) is 11.8 Å². The van der Waals surface area contributed by atoms with Crippen LogP contribution in [0.5, 0.6) is 0 Å². The summed E-state index contributed by atoms with van der Waals surface area (Å²) >= 11 is 0.785. The van der Waals surface area contributed by atoms with Crippen LogP contribution in [0.2, 0.25) is 0 Å². The highest BCUT2D eigenvalue weighted by Gasteiger charge is 2.44. The molecular weight excluding hydrogens is 255 g/mol. The number of aliphatic carboxylic acids is 1. The van der Waals surface area contributed by atoms with Gasteiger partial charge in [-0.25, -0.2) is 0 Å². The lowest BCUT2D eigenvalue weighted by Crippen LogP contribution is -2.32. The van der Waals surface area contributed by atoms with Crippen molar-refractivity contribution in [3.05, 3.63) is 24.3 Å². The summed E-state index contributed by atoms with van der Waals surface area (Å²) in [5.41, 5.74) is 5.88. The Morgan fingerprint density at radius 1 is 1.41 bits per heavy atom. The van der Waals surface area contributed by atoms with Gasteiger partial charge in [0.15, 0.2) is 5.92 Å². The maximum absolute atomic E-state index is 12.3. The lowest BCUT2D eigenvalue weighted by atomic mass is 10.2. The molecular formula is C10H10F3NO2S. The fourth-order valence-electron chi connectivity index (χ4n) is 1.09. The van der Waals surface area contributed by atoms with Crippen molar-refractivity contribution in [1.82, 2.24) is 0 Å². The number of hydrogen-bond donors (Lipinski definition) is 2. The number of carbonyl (C=O) groups is 1. The molecule has 94 valence electrons. The number of rotatable bonds is 4. The Morgan fingerprint density at radius 2 is 2.00 bits per heavy atom. The molecule has 0 saturated carbocycles. The fraction of sp³-hybridized carbons (Fsp3) is 0.300. The molecule has 0 aliphatic heterocycles. The highest BCUT2D eigenvalue weighted by atomic mass is 32.2. The van der Waals surface area contributed by atoms with Gasteiger partial charge in [0.25, 0.3) is 0 Å². The van der Waals surface area contributed by atoms with Gasteiger partial charge in [-0.1, -0.05) is 12.1 Å². The van der Waals surface area contributed by atoms with Crippen LogP contribution in [0.4, 0.5) is 18.9 Å². The van der Waals surface area contributed by atoms with Gasteiger partial charge in [-0.05, 0) is 12.1 Å². The van der Waals surface area contributed by atoms with Crippen LogP contribution in [0.3, 0.4) is 0 Å². The summed E-state index contributed by atoms with van der Waals surface area (Å²) in [7, 11) is 0. The average molecular weight is 265 g/mol. The molecule has 0 aromatic heterocycles. The third kappa shape index (κ3) is 3.85. The highest BCUT2D eigenvalue weighted by Crippen LogP contribution is 2.33. The van der Waals surface area contributed by atoms with Gasteiger partial charge >= 0.3 is 12.1 Å². The molecule has 0 aliphatic carbocycles. The van der Waals surface area contributed by atoms with E-state index < -0.39 is 23.8 Å². The zero-order valence-corrected chi connectivity index (χ0v) is 9.39. The molecule has 0 amide bonds. The number of nitrogens with two attached hydrogens (primary N) is 1. The minimum atomic E-state index is -4.75. The first-order valence-electron chi connectivity index (χ1n) is 4.59. The first-order valence-corrected chi connectivity index (χ1v) is 5.57. The summed E-state index contributed by atoms with van der Waals surface area (Å²) in [6, 6.07) is 6.38. The lowest BCUT2D eigenvalue weighted by Gasteiger charge is -2.15. The molecule has 0 aliphatic rings. The highest BCUT2D eigenvalue weighted by molar-refractivity contribution is 7.99. The maximum Gasteiger partial charge on any atom is 0.403 e. The van der Waals surface area contributed by atoms with E-state index in [4.69, 9.17) is 10.8 Å². The van der Waals surface area contributed by atoms with Crippen molar-refractivity contribution in [2.75, 3.05) is 11.5 Å². The first-order chi connectivity index (χ1) is 7.82. The summed E-state index contributed by atoms with van der Waals surface area (Å²) in [4.78, 5) is 10.9. The molecule has 0 heterocycles. The average Bonchev–Trinajstić information content (AvgIpc) is 2.18. The van der Waals surface area contributed by atoms with Gasteiger partial charge in [0.05, 0.1) is 0 Å².